The molecule has 0 bridgehead atoms. The second-order valence-corrected chi connectivity index (χ2v) is 13.3. The second-order valence-electron chi connectivity index (χ2n) is 13.3. The van der Waals surface area contributed by atoms with Crippen molar-refractivity contribution in [3.63, 3.8) is 0 Å². The van der Waals surface area contributed by atoms with Crippen LogP contribution in [0.25, 0.3) is 0 Å². The van der Waals surface area contributed by atoms with Crippen molar-refractivity contribution in [2.45, 2.75) is 110 Å². The Morgan fingerprint density at radius 2 is 1.67 bits per heavy atom. The first kappa shape index (κ1) is 20.5. The van der Waals surface area contributed by atoms with E-state index in [4.69, 9.17) is 4.74 Å². The summed E-state index contributed by atoms with van der Waals surface area (Å²) in [6.07, 6.45) is 13.2. The van der Waals surface area contributed by atoms with E-state index < -0.39 is 0 Å². The third kappa shape index (κ3) is 2.61. The molecule has 12 atom stereocenters. The van der Waals surface area contributed by atoms with Crippen LogP contribution < -0.4 is 5.32 Å². The first-order valence-corrected chi connectivity index (χ1v) is 13.4. The van der Waals surface area contributed by atoms with E-state index in [2.05, 4.69) is 33.0 Å². The first-order chi connectivity index (χ1) is 14.3. The van der Waals surface area contributed by atoms with E-state index in [-0.39, 0.29) is 11.8 Å². The molecule has 6 fully saturated rings. The van der Waals surface area contributed by atoms with Gasteiger partial charge in [-0.1, -0.05) is 27.7 Å². The lowest BCUT2D eigenvalue weighted by Gasteiger charge is -2.61. The van der Waals surface area contributed by atoms with Crippen LogP contribution in [0.4, 0.5) is 0 Å². The molecular weight excluding hydrogens is 370 g/mol. The van der Waals surface area contributed by atoms with Crippen molar-refractivity contribution >= 4 is 0 Å². The van der Waals surface area contributed by atoms with Gasteiger partial charge >= 0.3 is 0 Å². The Morgan fingerprint density at radius 3 is 2.43 bits per heavy atom. The summed E-state index contributed by atoms with van der Waals surface area (Å²) < 4.78 is 7.01. The number of fused-ring (bicyclic) bond motifs is 7. The molecule has 1 spiro atoms. The highest BCUT2D eigenvalue weighted by Crippen LogP contribution is 2.71. The number of aliphatic hydroxyl groups excluding tert-OH is 1. The SMILES string of the molecule is C[C@H]1CC[C@]2(NC1)O[C@H]1C[C@H]3[C@@H]4CC[C@@H]5C[C@@H](O)CC[C@]5(C)[C@H]4CC[C@]3(C)[C@H]1[C@@H]2C. The average molecular weight is 416 g/mol. The van der Waals surface area contributed by atoms with Crippen molar-refractivity contribution in [1.82, 2.24) is 5.32 Å². The van der Waals surface area contributed by atoms with E-state index in [0.29, 0.717) is 22.9 Å². The summed E-state index contributed by atoms with van der Waals surface area (Å²) in [4.78, 5) is 0. The van der Waals surface area contributed by atoms with Gasteiger partial charge in [-0.2, -0.15) is 0 Å². The Hall–Kier alpha value is -0.120. The summed E-state index contributed by atoms with van der Waals surface area (Å²) >= 11 is 0. The predicted octanol–water partition coefficient (Wildman–Crippen LogP) is 5.37. The van der Waals surface area contributed by atoms with E-state index in [1.54, 1.807) is 0 Å². The smallest absolute Gasteiger partial charge is 0.122 e. The Morgan fingerprint density at radius 1 is 0.867 bits per heavy atom. The minimum atomic E-state index is -0.0320. The molecular formula is C27H45NO2. The van der Waals surface area contributed by atoms with Gasteiger partial charge in [-0.15, -0.1) is 0 Å². The van der Waals surface area contributed by atoms with Crippen molar-refractivity contribution in [3.8, 4) is 0 Å². The summed E-state index contributed by atoms with van der Waals surface area (Å²) in [6.45, 7) is 11.3. The van der Waals surface area contributed by atoms with Gasteiger partial charge in [0.25, 0.3) is 0 Å². The zero-order valence-electron chi connectivity index (χ0n) is 19.8. The van der Waals surface area contributed by atoms with Gasteiger partial charge in [0.2, 0.25) is 0 Å². The zero-order valence-corrected chi connectivity index (χ0v) is 19.8. The summed E-state index contributed by atoms with van der Waals surface area (Å²) in [5, 5.41) is 14.2. The highest BCUT2D eigenvalue weighted by atomic mass is 16.5. The highest BCUT2D eigenvalue weighted by molar-refractivity contribution is 5.16. The fraction of sp³-hybridized carbons (Fsp3) is 1.00. The van der Waals surface area contributed by atoms with E-state index in [1.807, 2.05) is 0 Å². The third-order valence-corrected chi connectivity index (χ3v) is 12.1. The van der Waals surface area contributed by atoms with Gasteiger partial charge in [0.05, 0.1) is 12.2 Å². The van der Waals surface area contributed by atoms with E-state index in [1.165, 1.54) is 51.4 Å². The minimum absolute atomic E-state index is 0.0319. The van der Waals surface area contributed by atoms with Crippen LogP contribution in [0.15, 0.2) is 0 Å². The van der Waals surface area contributed by atoms with Gasteiger partial charge in [-0.25, -0.2) is 0 Å². The molecule has 6 aliphatic rings. The minimum Gasteiger partial charge on any atom is -0.393 e. The second kappa shape index (κ2) is 6.70. The van der Waals surface area contributed by atoms with Crippen molar-refractivity contribution in [3.05, 3.63) is 0 Å². The zero-order chi connectivity index (χ0) is 20.9. The molecule has 0 radical (unpaired) electrons. The van der Waals surface area contributed by atoms with Crippen LogP contribution in [-0.2, 0) is 4.74 Å². The number of hydrogen-bond donors (Lipinski definition) is 2. The van der Waals surface area contributed by atoms with Gasteiger partial charge in [-0.3, -0.25) is 5.32 Å². The molecule has 0 aromatic heterocycles. The fourth-order valence-electron chi connectivity index (χ4n) is 10.4. The maximum Gasteiger partial charge on any atom is 0.122 e. The monoisotopic (exact) mass is 415 g/mol. The lowest BCUT2D eigenvalue weighted by molar-refractivity contribution is -0.140. The number of hydrogen-bond acceptors (Lipinski definition) is 3. The standard InChI is InChI=1S/C27H45NO2/c1-16-7-12-27(28-15-16)17(2)24-23(30-27)14-22-20-6-5-18-13-19(29)8-10-25(18,3)21(20)9-11-26(22,24)4/h16-24,28-29H,5-15H2,1-4H3/t16-,17-,18+,19-,20+,21-,22-,23-,24-,25-,26-,27-/m0/s1. The molecule has 4 saturated carbocycles. The van der Waals surface area contributed by atoms with Crippen molar-refractivity contribution in [1.29, 1.82) is 0 Å². The van der Waals surface area contributed by atoms with Crippen molar-refractivity contribution in [2.75, 3.05) is 6.54 Å². The molecule has 2 saturated heterocycles. The topological polar surface area (TPSA) is 41.5 Å². The van der Waals surface area contributed by atoms with E-state index >= 15 is 0 Å². The Bertz CT molecular complexity index is 686. The molecule has 2 heterocycles. The Labute approximate surface area is 184 Å². The maximum atomic E-state index is 10.3. The van der Waals surface area contributed by atoms with Crippen LogP contribution in [0.3, 0.4) is 0 Å². The predicted molar refractivity (Wildman–Crippen MR) is 120 cm³/mol. The molecule has 6 rings (SSSR count). The van der Waals surface area contributed by atoms with E-state index in [9.17, 15) is 5.11 Å². The molecule has 4 aliphatic carbocycles. The average Bonchev–Trinajstić information content (AvgIpc) is 3.16. The Kier molecular flexibility index (Phi) is 4.58. The summed E-state index contributed by atoms with van der Waals surface area (Å²) in [5.41, 5.74) is 0.919. The fourth-order valence-corrected chi connectivity index (χ4v) is 10.4. The largest absolute Gasteiger partial charge is 0.393 e. The van der Waals surface area contributed by atoms with Crippen LogP contribution in [0, 0.1) is 52.3 Å². The van der Waals surface area contributed by atoms with Crippen LogP contribution >= 0.6 is 0 Å². The van der Waals surface area contributed by atoms with Gasteiger partial charge in [0.15, 0.2) is 0 Å². The molecule has 2 aliphatic heterocycles. The normalized spacial score (nSPS) is 62.5. The summed E-state index contributed by atoms with van der Waals surface area (Å²) in [6, 6.07) is 0. The van der Waals surface area contributed by atoms with Crippen LogP contribution in [0.2, 0.25) is 0 Å². The quantitative estimate of drug-likeness (QED) is 0.559. The van der Waals surface area contributed by atoms with Gasteiger partial charge < -0.3 is 9.84 Å². The van der Waals surface area contributed by atoms with Gasteiger partial charge in [0.1, 0.15) is 5.72 Å². The molecule has 0 amide bonds. The van der Waals surface area contributed by atoms with Crippen molar-refractivity contribution < 1.29 is 9.84 Å². The molecule has 170 valence electrons. The third-order valence-electron chi connectivity index (χ3n) is 12.1. The van der Waals surface area contributed by atoms with Gasteiger partial charge in [-0.05, 0) is 111 Å². The van der Waals surface area contributed by atoms with Crippen molar-refractivity contribution in [2.24, 2.45) is 52.3 Å². The number of piperidine rings is 1. The van der Waals surface area contributed by atoms with Crippen LogP contribution in [-0.4, -0.2) is 29.6 Å². The van der Waals surface area contributed by atoms with Crippen LogP contribution in [0.1, 0.15) is 91.9 Å². The first-order valence-electron chi connectivity index (χ1n) is 13.4. The molecule has 0 unspecified atom stereocenters. The molecule has 3 nitrogen and oxygen atoms in total. The van der Waals surface area contributed by atoms with E-state index in [0.717, 1.165) is 54.9 Å². The lowest BCUT2D eigenvalue weighted by Crippen LogP contribution is -2.57. The molecule has 0 aromatic rings. The summed E-state index contributed by atoms with van der Waals surface area (Å²) in [7, 11) is 0. The molecule has 2 N–H and O–H groups in total. The number of rotatable bonds is 0. The van der Waals surface area contributed by atoms with Gasteiger partial charge in [0, 0.05) is 12.5 Å². The molecule has 30 heavy (non-hydrogen) atoms. The molecule has 0 aromatic carbocycles. The highest BCUT2D eigenvalue weighted by Gasteiger charge is 2.68. The number of aliphatic hydroxyl groups is 1. The maximum absolute atomic E-state index is 10.3. The number of nitrogens with one attached hydrogen (secondary N) is 1. The van der Waals surface area contributed by atoms with Crippen LogP contribution in [0.5, 0.6) is 0 Å². The Balaban J connectivity index is 1.26. The number of ether oxygens (including phenoxy) is 1. The summed E-state index contributed by atoms with van der Waals surface area (Å²) in [5.74, 6) is 5.57. The molecule has 3 heteroatoms. The lowest BCUT2D eigenvalue weighted by atomic mass is 9.44.